The first-order valence-electron chi connectivity index (χ1n) is 6.93. The van der Waals surface area contributed by atoms with E-state index in [-0.39, 0.29) is 5.91 Å². The summed E-state index contributed by atoms with van der Waals surface area (Å²) in [5, 5.41) is 0. The Kier molecular flexibility index (Phi) is 5.17. The van der Waals surface area contributed by atoms with Crippen molar-refractivity contribution in [1.29, 1.82) is 0 Å². The number of nitrogens with one attached hydrogen (secondary N) is 1. The zero-order chi connectivity index (χ0) is 15.3. The quantitative estimate of drug-likeness (QED) is 0.823. The fourth-order valence-corrected chi connectivity index (χ4v) is 2.34. The molecule has 1 N–H and O–H groups in total. The van der Waals surface area contributed by atoms with Crippen LogP contribution in [0.4, 0.5) is 5.69 Å². The Morgan fingerprint density at radius 2 is 1.86 bits per heavy atom. The van der Waals surface area contributed by atoms with E-state index in [1.54, 1.807) is 6.92 Å². The van der Waals surface area contributed by atoms with E-state index < -0.39 is 5.60 Å². The molecule has 0 aliphatic carbocycles. The van der Waals surface area contributed by atoms with Gasteiger partial charge in [-0.3, -0.25) is 9.63 Å². The normalized spacial score (nSPS) is 18.1. The second kappa shape index (κ2) is 6.89. The molecule has 0 spiro atoms. The molecule has 1 amide bonds. The third-order valence-electron chi connectivity index (χ3n) is 3.83. The van der Waals surface area contributed by atoms with Gasteiger partial charge in [-0.25, -0.2) is 5.48 Å². The SMILES string of the molecule is CONC(=O)C(C)(OC)c1ccc(N2CCOCC2)cc1. The maximum absolute atomic E-state index is 12.1. The Hall–Kier alpha value is -1.63. The summed E-state index contributed by atoms with van der Waals surface area (Å²) in [6.45, 7) is 4.96. The number of hydroxylamine groups is 1. The van der Waals surface area contributed by atoms with E-state index in [2.05, 4.69) is 10.4 Å². The van der Waals surface area contributed by atoms with Crippen LogP contribution in [-0.2, 0) is 24.7 Å². The Bertz CT molecular complexity index is 471. The molecule has 0 radical (unpaired) electrons. The van der Waals surface area contributed by atoms with Crippen molar-refractivity contribution in [3.8, 4) is 0 Å². The summed E-state index contributed by atoms with van der Waals surface area (Å²) in [5.41, 5.74) is 3.13. The monoisotopic (exact) mass is 294 g/mol. The molecule has 1 fully saturated rings. The maximum atomic E-state index is 12.1. The van der Waals surface area contributed by atoms with Crippen molar-refractivity contribution in [3.05, 3.63) is 29.8 Å². The van der Waals surface area contributed by atoms with Gasteiger partial charge in [0.15, 0.2) is 5.60 Å². The van der Waals surface area contributed by atoms with Crippen LogP contribution in [0.1, 0.15) is 12.5 Å². The summed E-state index contributed by atoms with van der Waals surface area (Å²) in [6, 6.07) is 7.81. The van der Waals surface area contributed by atoms with Gasteiger partial charge in [0.1, 0.15) is 0 Å². The van der Waals surface area contributed by atoms with E-state index in [1.807, 2.05) is 24.3 Å². The molecule has 1 heterocycles. The van der Waals surface area contributed by atoms with Crippen molar-refractivity contribution in [2.24, 2.45) is 0 Å². The zero-order valence-corrected chi connectivity index (χ0v) is 12.7. The number of methoxy groups -OCH3 is 1. The highest BCUT2D eigenvalue weighted by Gasteiger charge is 2.35. The highest BCUT2D eigenvalue weighted by atomic mass is 16.6. The van der Waals surface area contributed by atoms with Gasteiger partial charge in [-0.05, 0) is 24.6 Å². The number of morpholine rings is 1. The molecule has 1 aliphatic rings. The minimum absolute atomic E-state index is 0.341. The van der Waals surface area contributed by atoms with E-state index >= 15 is 0 Å². The Morgan fingerprint density at radius 1 is 1.24 bits per heavy atom. The van der Waals surface area contributed by atoms with Gasteiger partial charge >= 0.3 is 0 Å². The predicted molar refractivity (Wildman–Crippen MR) is 79.0 cm³/mol. The number of carbonyl (C=O) groups excluding carboxylic acids is 1. The van der Waals surface area contributed by atoms with E-state index in [9.17, 15) is 4.79 Å². The lowest BCUT2D eigenvalue weighted by molar-refractivity contribution is -0.153. The van der Waals surface area contributed by atoms with Gasteiger partial charge in [0.05, 0.1) is 20.3 Å². The number of nitrogens with zero attached hydrogens (tertiary/aromatic N) is 1. The Morgan fingerprint density at radius 3 is 2.38 bits per heavy atom. The molecule has 0 aromatic heterocycles. The van der Waals surface area contributed by atoms with Gasteiger partial charge in [0, 0.05) is 25.9 Å². The molecule has 6 heteroatoms. The summed E-state index contributed by atoms with van der Waals surface area (Å²) in [4.78, 5) is 19.0. The second-order valence-corrected chi connectivity index (χ2v) is 5.02. The molecule has 1 unspecified atom stereocenters. The number of anilines is 1. The topological polar surface area (TPSA) is 60.0 Å². The number of hydrogen-bond donors (Lipinski definition) is 1. The van der Waals surface area contributed by atoms with E-state index in [0.29, 0.717) is 0 Å². The first-order valence-corrected chi connectivity index (χ1v) is 6.93. The second-order valence-electron chi connectivity index (χ2n) is 5.02. The average Bonchev–Trinajstić information content (AvgIpc) is 2.55. The molecule has 116 valence electrons. The molecule has 1 aliphatic heterocycles. The standard InChI is InChI=1S/C15H22N2O4/c1-15(19-2,14(18)16-20-3)12-4-6-13(7-5-12)17-8-10-21-11-9-17/h4-7H,8-11H2,1-3H3,(H,16,18). The Labute approximate surface area is 124 Å². The van der Waals surface area contributed by atoms with Crippen LogP contribution in [0.3, 0.4) is 0 Å². The number of benzene rings is 1. The largest absolute Gasteiger partial charge is 0.378 e. The molecule has 0 saturated carbocycles. The number of amides is 1. The number of carbonyl (C=O) groups is 1. The number of hydrogen-bond acceptors (Lipinski definition) is 5. The molecule has 1 aromatic rings. The van der Waals surface area contributed by atoms with Crippen LogP contribution in [0.15, 0.2) is 24.3 Å². The van der Waals surface area contributed by atoms with Gasteiger partial charge in [0.25, 0.3) is 5.91 Å². The highest BCUT2D eigenvalue weighted by molar-refractivity contribution is 5.85. The average molecular weight is 294 g/mol. The third-order valence-corrected chi connectivity index (χ3v) is 3.83. The smallest absolute Gasteiger partial charge is 0.280 e. The van der Waals surface area contributed by atoms with Crippen molar-refractivity contribution in [2.45, 2.75) is 12.5 Å². The van der Waals surface area contributed by atoms with Gasteiger partial charge in [-0.15, -0.1) is 0 Å². The summed E-state index contributed by atoms with van der Waals surface area (Å²) in [5.74, 6) is -0.341. The highest BCUT2D eigenvalue weighted by Crippen LogP contribution is 2.27. The summed E-state index contributed by atoms with van der Waals surface area (Å²) in [7, 11) is 2.90. The lowest BCUT2D eigenvalue weighted by Gasteiger charge is -2.30. The van der Waals surface area contributed by atoms with E-state index in [4.69, 9.17) is 14.3 Å². The van der Waals surface area contributed by atoms with Crippen molar-refractivity contribution >= 4 is 11.6 Å². The van der Waals surface area contributed by atoms with Crippen molar-refractivity contribution in [1.82, 2.24) is 5.48 Å². The van der Waals surface area contributed by atoms with Crippen LogP contribution < -0.4 is 10.4 Å². The van der Waals surface area contributed by atoms with E-state index in [1.165, 1.54) is 14.2 Å². The maximum Gasteiger partial charge on any atom is 0.280 e. The number of ether oxygens (including phenoxy) is 2. The molecule has 1 atom stereocenters. The molecule has 1 saturated heterocycles. The first-order chi connectivity index (χ1) is 10.1. The van der Waals surface area contributed by atoms with Crippen LogP contribution in [0.25, 0.3) is 0 Å². The first kappa shape index (κ1) is 15.8. The van der Waals surface area contributed by atoms with Crippen LogP contribution in [-0.4, -0.2) is 46.4 Å². The summed E-state index contributed by atoms with van der Waals surface area (Å²) < 4.78 is 10.7. The van der Waals surface area contributed by atoms with Crippen LogP contribution in [0.5, 0.6) is 0 Å². The molecular weight excluding hydrogens is 272 g/mol. The van der Waals surface area contributed by atoms with Crippen LogP contribution in [0, 0.1) is 0 Å². The summed E-state index contributed by atoms with van der Waals surface area (Å²) in [6.07, 6.45) is 0. The summed E-state index contributed by atoms with van der Waals surface area (Å²) >= 11 is 0. The minimum Gasteiger partial charge on any atom is -0.378 e. The predicted octanol–water partition coefficient (Wildman–Crippen LogP) is 1.06. The molecule has 6 nitrogen and oxygen atoms in total. The van der Waals surface area contributed by atoms with Gasteiger partial charge in [0.2, 0.25) is 0 Å². The van der Waals surface area contributed by atoms with Gasteiger partial charge in [-0.2, -0.15) is 0 Å². The lowest BCUT2D eigenvalue weighted by atomic mass is 9.94. The molecule has 0 bridgehead atoms. The van der Waals surface area contributed by atoms with Gasteiger partial charge in [-0.1, -0.05) is 12.1 Å². The fraction of sp³-hybridized carbons (Fsp3) is 0.533. The Balaban J connectivity index is 2.17. The van der Waals surface area contributed by atoms with E-state index in [0.717, 1.165) is 37.6 Å². The fourth-order valence-electron chi connectivity index (χ4n) is 2.34. The molecule has 1 aromatic carbocycles. The minimum atomic E-state index is -1.08. The van der Waals surface area contributed by atoms with Gasteiger partial charge < -0.3 is 14.4 Å². The van der Waals surface area contributed by atoms with Crippen LogP contribution >= 0.6 is 0 Å². The number of rotatable bonds is 5. The van der Waals surface area contributed by atoms with Crippen molar-refractivity contribution in [2.75, 3.05) is 45.4 Å². The third kappa shape index (κ3) is 3.34. The van der Waals surface area contributed by atoms with Crippen molar-refractivity contribution < 1.29 is 19.1 Å². The molecule has 2 rings (SSSR count). The van der Waals surface area contributed by atoms with Crippen molar-refractivity contribution in [3.63, 3.8) is 0 Å². The molecular formula is C15H22N2O4. The zero-order valence-electron chi connectivity index (χ0n) is 12.7. The molecule has 21 heavy (non-hydrogen) atoms. The lowest BCUT2D eigenvalue weighted by Crippen LogP contribution is -2.43. The van der Waals surface area contributed by atoms with Crippen LogP contribution in [0.2, 0.25) is 0 Å².